The summed E-state index contributed by atoms with van der Waals surface area (Å²) in [6.07, 6.45) is 3.99. The number of nitrogens with one attached hydrogen (secondary N) is 1. The molecule has 0 aliphatic rings. The van der Waals surface area contributed by atoms with Crippen LogP contribution in [0.3, 0.4) is 0 Å². The Bertz CT molecular complexity index is 478. The summed E-state index contributed by atoms with van der Waals surface area (Å²) in [6.45, 7) is 4.15. The predicted molar refractivity (Wildman–Crippen MR) is 68.4 cm³/mol. The SMILES string of the molecule is CC(C)n1ncnc1CC(NN)c1ccccn1. The molecule has 0 aliphatic carbocycles. The minimum Gasteiger partial charge on any atom is -0.271 e. The van der Waals surface area contributed by atoms with E-state index in [1.165, 1.54) is 0 Å². The molecule has 0 amide bonds. The maximum atomic E-state index is 5.60. The van der Waals surface area contributed by atoms with Gasteiger partial charge in [0.1, 0.15) is 12.2 Å². The highest BCUT2D eigenvalue weighted by Gasteiger charge is 2.16. The van der Waals surface area contributed by atoms with Gasteiger partial charge in [-0.15, -0.1) is 0 Å². The van der Waals surface area contributed by atoms with E-state index in [0.29, 0.717) is 6.42 Å². The van der Waals surface area contributed by atoms with E-state index in [1.54, 1.807) is 12.5 Å². The zero-order valence-corrected chi connectivity index (χ0v) is 10.6. The molecule has 6 heteroatoms. The molecule has 0 bridgehead atoms. The molecule has 0 aliphatic heterocycles. The van der Waals surface area contributed by atoms with E-state index in [0.717, 1.165) is 11.5 Å². The normalized spacial score (nSPS) is 12.9. The summed E-state index contributed by atoms with van der Waals surface area (Å²) in [5.41, 5.74) is 3.68. The Balaban J connectivity index is 2.18. The van der Waals surface area contributed by atoms with Crippen molar-refractivity contribution in [1.82, 2.24) is 25.2 Å². The van der Waals surface area contributed by atoms with Crippen LogP contribution in [0.25, 0.3) is 0 Å². The van der Waals surface area contributed by atoms with E-state index in [2.05, 4.69) is 34.3 Å². The summed E-state index contributed by atoms with van der Waals surface area (Å²) in [5.74, 6) is 6.50. The smallest absolute Gasteiger partial charge is 0.138 e. The van der Waals surface area contributed by atoms with Crippen LogP contribution in [-0.4, -0.2) is 19.7 Å². The highest BCUT2D eigenvalue weighted by atomic mass is 15.3. The molecule has 0 saturated carbocycles. The average Bonchev–Trinajstić information content (AvgIpc) is 2.85. The first-order chi connectivity index (χ1) is 8.72. The van der Waals surface area contributed by atoms with Crippen LogP contribution in [0.1, 0.15) is 37.4 Å². The fraction of sp³-hybridized carbons (Fsp3) is 0.417. The second-order valence-electron chi connectivity index (χ2n) is 4.39. The second kappa shape index (κ2) is 5.70. The maximum Gasteiger partial charge on any atom is 0.138 e. The first kappa shape index (κ1) is 12.7. The molecule has 0 saturated heterocycles. The van der Waals surface area contributed by atoms with Crippen LogP contribution < -0.4 is 11.3 Å². The summed E-state index contributed by atoms with van der Waals surface area (Å²) in [7, 11) is 0. The van der Waals surface area contributed by atoms with Crippen molar-refractivity contribution in [2.45, 2.75) is 32.4 Å². The molecule has 2 aromatic rings. The third kappa shape index (κ3) is 2.72. The van der Waals surface area contributed by atoms with Crippen LogP contribution in [-0.2, 0) is 6.42 Å². The third-order valence-electron chi connectivity index (χ3n) is 2.77. The van der Waals surface area contributed by atoms with Gasteiger partial charge < -0.3 is 0 Å². The largest absolute Gasteiger partial charge is 0.271 e. The molecule has 1 unspecified atom stereocenters. The fourth-order valence-corrected chi connectivity index (χ4v) is 1.87. The van der Waals surface area contributed by atoms with E-state index < -0.39 is 0 Å². The van der Waals surface area contributed by atoms with Gasteiger partial charge in [0.05, 0.1) is 11.7 Å². The van der Waals surface area contributed by atoms with Gasteiger partial charge in [-0.25, -0.2) is 9.67 Å². The predicted octanol–water partition coefficient (Wildman–Crippen LogP) is 1.00. The van der Waals surface area contributed by atoms with Gasteiger partial charge in [-0.3, -0.25) is 16.3 Å². The Morgan fingerprint density at radius 3 is 2.78 bits per heavy atom. The van der Waals surface area contributed by atoms with Crippen LogP contribution in [0.15, 0.2) is 30.7 Å². The summed E-state index contributed by atoms with van der Waals surface area (Å²) in [6, 6.07) is 5.99. The van der Waals surface area contributed by atoms with Crippen LogP contribution >= 0.6 is 0 Å². The number of rotatable bonds is 5. The Morgan fingerprint density at radius 2 is 2.17 bits per heavy atom. The van der Waals surface area contributed by atoms with Crippen molar-refractivity contribution in [1.29, 1.82) is 0 Å². The lowest BCUT2D eigenvalue weighted by Gasteiger charge is -2.16. The van der Waals surface area contributed by atoms with Gasteiger partial charge in [-0.1, -0.05) is 6.07 Å². The Labute approximate surface area is 106 Å². The zero-order valence-electron chi connectivity index (χ0n) is 10.6. The number of hydrogen-bond donors (Lipinski definition) is 2. The van der Waals surface area contributed by atoms with Crippen LogP contribution in [0.5, 0.6) is 0 Å². The van der Waals surface area contributed by atoms with E-state index >= 15 is 0 Å². The molecule has 0 fully saturated rings. The van der Waals surface area contributed by atoms with Crippen molar-refractivity contribution < 1.29 is 0 Å². The molecule has 2 aromatic heterocycles. The molecule has 2 rings (SSSR count). The quantitative estimate of drug-likeness (QED) is 0.607. The number of aromatic nitrogens is 4. The maximum absolute atomic E-state index is 5.60. The van der Waals surface area contributed by atoms with Crippen LogP contribution in [0, 0.1) is 0 Å². The van der Waals surface area contributed by atoms with Gasteiger partial charge in [0.2, 0.25) is 0 Å². The standard InChI is InChI=1S/C12H18N6/c1-9(2)18-12(15-8-16-18)7-11(17-13)10-5-3-4-6-14-10/h3-6,8-9,11,17H,7,13H2,1-2H3. The number of hydrogen-bond acceptors (Lipinski definition) is 5. The van der Waals surface area contributed by atoms with Gasteiger partial charge in [0, 0.05) is 18.7 Å². The average molecular weight is 246 g/mol. The highest BCUT2D eigenvalue weighted by molar-refractivity contribution is 5.10. The van der Waals surface area contributed by atoms with Gasteiger partial charge in [0.15, 0.2) is 0 Å². The molecule has 6 nitrogen and oxygen atoms in total. The summed E-state index contributed by atoms with van der Waals surface area (Å²) >= 11 is 0. The fourth-order valence-electron chi connectivity index (χ4n) is 1.87. The molecule has 18 heavy (non-hydrogen) atoms. The van der Waals surface area contributed by atoms with Gasteiger partial charge in [-0.2, -0.15) is 5.10 Å². The number of nitrogens with zero attached hydrogens (tertiary/aromatic N) is 4. The first-order valence-electron chi connectivity index (χ1n) is 5.97. The van der Waals surface area contributed by atoms with Crippen molar-refractivity contribution >= 4 is 0 Å². The monoisotopic (exact) mass is 246 g/mol. The van der Waals surface area contributed by atoms with E-state index in [4.69, 9.17) is 5.84 Å². The zero-order chi connectivity index (χ0) is 13.0. The molecule has 1 atom stereocenters. The molecule has 2 heterocycles. The number of hydrazine groups is 1. The highest BCUT2D eigenvalue weighted by Crippen LogP contribution is 2.15. The third-order valence-corrected chi connectivity index (χ3v) is 2.77. The molecular formula is C12H18N6. The van der Waals surface area contributed by atoms with E-state index in [1.807, 2.05) is 22.9 Å². The summed E-state index contributed by atoms with van der Waals surface area (Å²) < 4.78 is 1.90. The minimum absolute atomic E-state index is 0.0621. The topological polar surface area (TPSA) is 81.7 Å². The second-order valence-corrected chi connectivity index (χ2v) is 4.39. The van der Waals surface area contributed by atoms with Crippen LogP contribution in [0.4, 0.5) is 0 Å². The van der Waals surface area contributed by atoms with Crippen LogP contribution in [0.2, 0.25) is 0 Å². The van der Waals surface area contributed by atoms with Gasteiger partial charge in [0.25, 0.3) is 0 Å². The van der Waals surface area contributed by atoms with Crippen molar-refractivity contribution in [2.75, 3.05) is 0 Å². The Morgan fingerprint density at radius 1 is 1.33 bits per heavy atom. The van der Waals surface area contributed by atoms with Crippen molar-refractivity contribution in [3.8, 4) is 0 Å². The summed E-state index contributed by atoms with van der Waals surface area (Å²) in [5, 5.41) is 4.21. The first-order valence-corrected chi connectivity index (χ1v) is 5.97. The molecular weight excluding hydrogens is 228 g/mol. The van der Waals surface area contributed by atoms with Gasteiger partial charge >= 0.3 is 0 Å². The minimum atomic E-state index is -0.0621. The van der Waals surface area contributed by atoms with E-state index in [-0.39, 0.29) is 12.1 Å². The molecule has 96 valence electrons. The molecule has 0 spiro atoms. The summed E-state index contributed by atoms with van der Waals surface area (Å²) in [4.78, 5) is 8.58. The number of pyridine rings is 1. The van der Waals surface area contributed by atoms with E-state index in [9.17, 15) is 0 Å². The lowest BCUT2D eigenvalue weighted by Crippen LogP contribution is -2.31. The Kier molecular flexibility index (Phi) is 4.01. The van der Waals surface area contributed by atoms with Crippen molar-refractivity contribution in [3.05, 3.63) is 42.2 Å². The molecule has 3 N–H and O–H groups in total. The lowest BCUT2D eigenvalue weighted by molar-refractivity contribution is 0.464. The van der Waals surface area contributed by atoms with Crippen molar-refractivity contribution in [2.24, 2.45) is 5.84 Å². The van der Waals surface area contributed by atoms with Gasteiger partial charge in [-0.05, 0) is 26.0 Å². The molecule has 0 radical (unpaired) electrons. The number of nitrogens with two attached hydrogens (primary N) is 1. The van der Waals surface area contributed by atoms with Crippen molar-refractivity contribution in [3.63, 3.8) is 0 Å². The molecule has 0 aromatic carbocycles. The Hall–Kier alpha value is -1.79. The lowest BCUT2D eigenvalue weighted by atomic mass is 10.1.